The number of benzene rings is 2. The van der Waals surface area contributed by atoms with Gasteiger partial charge in [-0.15, -0.1) is 0 Å². The third-order valence-electron chi connectivity index (χ3n) is 5.22. The first kappa shape index (κ1) is 20.0. The lowest BCUT2D eigenvalue weighted by atomic mass is 10.1. The Balaban J connectivity index is 1.33. The molecule has 0 spiro atoms. The van der Waals surface area contributed by atoms with E-state index in [0.717, 1.165) is 28.9 Å². The van der Waals surface area contributed by atoms with Crippen LogP contribution in [0.25, 0.3) is 11.0 Å². The number of rotatable bonds is 8. The number of ether oxygens (including phenoxy) is 1. The Morgan fingerprint density at radius 2 is 1.80 bits per heavy atom. The number of nitrogens with one attached hydrogen (secondary N) is 1. The number of fused-ring (bicyclic) bond motifs is 1. The molecule has 0 unspecified atom stereocenters. The fourth-order valence-electron chi connectivity index (χ4n) is 3.45. The maximum Gasteiger partial charge on any atom is 0.328 e. The molecule has 0 aliphatic carbocycles. The summed E-state index contributed by atoms with van der Waals surface area (Å²) in [6.07, 6.45) is 0.871. The summed E-state index contributed by atoms with van der Waals surface area (Å²) in [4.78, 5) is 12.1. The molecule has 0 fully saturated rings. The van der Waals surface area contributed by atoms with Gasteiger partial charge in [0.05, 0.1) is 23.8 Å². The number of aliphatic hydroxyl groups is 1. The maximum atomic E-state index is 12.1. The molecule has 0 saturated carbocycles. The molecule has 4 rings (SSSR count). The van der Waals surface area contributed by atoms with Crippen molar-refractivity contribution in [1.29, 1.82) is 0 Å². The van der Waals surface area contributed by atoms with Crippen molar-refractivity contribution in [3.63, 3.8) is 0 Å². The minimum Gasteiger partial charge on any atom is -0.491 e. The van der Waals surface area contributed by atoms with E-state index >= 15 is 0 Å². The number of imidazole rings is 1. The van der Waals surface area contributed by atoms with Crippen molar-refractivity contribution in [2.45, 2.75) is 19.2 Å². The van der Waals surface area contributed by atoms with Crippen LogP contribution in [0.15, 0.2) is 70.1 Å². The summed E-state index contributed by atoms with van der Waals surface area (Å²) in [5.74, 6) is 1.59. The van der Waals surface area contributed by atoms with Gasteiger partial charge in [0.25, 0.3) is 0 Å². The second kappa shape index (κ2) is 8.61. The molecule has 0 aliphatic heterocycles. The number of aromatic nitrogens is 2. The lowest BCUT2D eigenvalue weighted by Crippen LogP contribution is -2.19. The second-order valence-corrected chi connectivity index (χ2v) is 7.30. The summed E-state index contributed by atoms with van der Waals surface area (Å²) in [5.41, 5.74) is 3.36. The third kappa shape index (κ3) is 4.17. The van der Waals surface area contributed by atoms with Crippen LogP contribution in [0, 0.1) is 0 Å². The molecule has 0 saturated heterocycles. The van der Waals surface area contributed by atoms with Crippen LogP contribution >= 0.6 is 0 Å². The molecule has 30 heavy (non-hydrogen) atoms. The van der Waals surface area contributed by atoms with E-state index in [-0.39, 0.29) is 12.3 Å². The molecule has 7 heteroatoms. The van der Waals surface area contributed by atoms with Gasteiger partial charge in [-0.2, -0.15) is 0 Å². The Hall–Kier alpha value is -3.29. The number of furan rings is 1. The number of hydrogen-bond acceptors (Lipinski definition) is 5. The van der Waals surface area contributed by atoms with Gasteiger partial charge in [0.2, 0.25) is 0 Å². The van der Waals surface area contributed by atoms with E-state index in [4.69, 9.17) is 9.15 Å². The van der Waals surface area contributed by atoms with E-state index in [2.05, 4.69) is 5.32 Å². The molecule has 7 nitrogen and oxygen atoms in total. The van der Waals surface area contributed by atoms with Crippen LogP contribution in [0.1, 0.15) is 23.0 Å². The fraction of sp³-hybridized carbons (Fsp3) is 0.261. The summed E-state index contributed by atoms with van der Waals surface area (Å²) in [6.45, 7) is 1.52. The quantitative estimate of drug-likeness (QED) is 0.469. The lowest BCUT2D eigenvalue weighted by Gasteiger charge is -2.13. The van der Waals surface area contributed by atoms with Crippen LogP contribution < -0.4 is 15.7 Å². The van der Waals surface area contributed by atoms with Gasteiger partial charge >= 0.3 is 5.69 Å². The van der Waals surface area contributed by atoms with Crippen molar-refractivity contribution >= 4 is 11.0 Å². The zero-order valence-corrected chi connectivity index (χ0v) is 17.0. The fourth-order valence-corrected chi connectivity index (χ4v) is 3.45. The Kier molecular flexibility index (Phi) is 5.74. The van der Waals surface area contributed by atoms with E-state index in [9.17, 15) is 9.90 Å². The predicted octanol–water partition coefficient (Wildman–Crippen LogP) is 2.87. The Bertz CT molecular complexity index is 1170. The van der Waals surface area contributed by atoms with Crippen LogP contribution in [0.4, 0.5) is 0 Å². The molecule has 0 radical (unpaired) electrons. The summed E-state index contributed by atoms with van der Waals surface area (Å²) in [5, 5.41) is 13.9. The van der Waals surface area contributed by atoms with E-state index in [1.54, 1.807) is 29.5 Å². The third-order valence-corrected chi connectivity index (χ3v) is 5.22. The predicted molar refractivity (Wildman–Crippen MR) is 114 cm³/mol. The van der Waals surface area contributed by atoms with Crippen LogP contribution in [-0.4, -0.2) is 20.8 Å². The first-order valence-corrected chi connectivity index (χ1v) is 9.81. The summed E-state index contributed by atoms with van der Waals surface area (Å²) < 4.78 is 14.2. The van der Waals surface area contributed by atoms with Crippen molar-refractivity contribution in [3.8, 4) is 5.75 Å². The van der Waals surface area contributed by atoms with E-state index in [1.165, 1.54) is 0 Å². The maximum absolute atomic E-state index is 12.1. The van der Waals surface area contributed by atoms with Crippen molar-refractivity contribution in [2.75, 3.05) is 6.61 Å². The highest BCUT2D eigenvalue weighted by molar-refractivity contribution is 5.76. The van der Waals surface area contributed by atoms with Gasteiger partial charge in [-0.1, -0.05) is 18.2 Å². The average Bonchev–Trinajstić information content (AvgIpc) is 3.36. The molecule has 4 aromatic rings. The molecule has 2 aromatic heterocycles. The minimum absolute atomic E-state index is 0.0911. The molecule has 156 valence electrons. The molecule has 1 atom stereocenters. The summed E-state index contributed by atoms with van der Waals surface area (Å²) in [6, 6.07) is 17.1. The molecule has 2 heterocycles. The molecule has 2 aromatic carbocycles. The highest BCUT2D eigenvalue weighted by atomic mass is 16.5. The first-order chi connectivity index (χ1) is 14.5. The average molecular weight is 407 g/mol. The van der Waals surface area contributed by atoms with Crippen LogP contribution in [0.3, 0.4) is 0 Å². The van der Waals surface area contributed by atoms with Crippen molar-refractivity contribution < 1.29 is 14.3 Å². The molecule has 0 amide bonds. The van der Waals surface area contributed by atoms with Crippen LogP contribution in [-0.2, 0) is 27.2 Å². The van der Waals surface area contributed by atoms with Gasteiger partial charge in [-0.25, -0.2) is 4.79 Å². The Morgan fingerprint density at radius 3 is 2.53 bits per heavy atom. The standard InChI is InChI=1S/C23H25N3O4/c1-25-20-10-7-17(12-21(20)26(2)23(25)28)22(27)15-30-18-8-5-16(6-9-18)13-24-14-19-4-3-11-29-19/h3-12,22,24,27H,13-15H2,1-2H3/t22-/m1/s1. The van der Waals surface area contributed by atoms with E-state index < -0.39 is 6.10 Å². The number of hydrogen-bond donors (Lipinski definition) is 2. The van der Waals surface area contributed by atoms with Crippen LogP contribution in [0.2, 0.25) is 0 Å². The topological polar surface area (TPSA) is 81.6 Å². The normalized spacial score (nSPS) is 12.4. The van der Waals surface area contributed by atoms with Gasteiger partial charge in [0, 0.05) is 20.6 Å². The largest absolute Gasteiger partial charge is 0.491 e. The summed E-state index contributed by atoms with van der Waals surface area (Å²) >= 11 is 0. The van der Waals surface area contributed by atoms with E-state index in [1.807, 2.05) is 54.6 Å². The zero-order chi connectivity index (χ0) is 21.1. The van der Waals surface area contributed by atoms with Crippen molar-refractivity contribution in [2.24, 2.45) is 14.1 Å². The molecule has 0 aliphatic rings. The molecule has 2 N–H and O–H groups in total. The number of aliphatic hydroxyl groups excluding tert-OH is 1. The highest BCUT2D eigenvalue weighted by Crippen LogP contribution is 2.21. The monoisotopic (exact) mass is 407 g/mol. The van der Waals surface area contributed by atoms with Crippen molar-refractivity contribution in [1.82, 2.24) is 14.5 Å². The number of nitrogens with zero attached hydrogens (tertiary/aromatic N) is 2. The van der Waals surface area contributed by atoms with Gasteiger partial charge in [0.15, 0.2) is 0 Å². The molecular weight excluding hydrogens is 382 g/mol. The Morgan fingerprint density at radius 1 is 1.03 bits per heavy atom. The van der Waals surface area contributed by atoms with Gasteiger partial charge in [-0.05, 0) is 47.5 Å². The molecular formula is C23H25N3O4. The van der Waals surface area contributed by atoms with Crippen LogP contribution in [0.5, 0.6) is 5.75 Å². The van der Waals surface area contributed by atoms with E-state index in [0.29, 0.717) is 17.9 Å². The molecule has 0 bridgehead atoms. The number of aryl methyl sites for hydroxylation is 2. The lowest BCUT2D eigenvalue weighted by molar-refractivity contribution is 0.108. The first-order valence-electron chi connectivity index (χ1n) is 9.81. The van der Waals surface area contributed by atoms with Crippen molar-refractivity contribution in [3.05, 3.63) is 88.2 Å². The van der Waals surface area contributed by atoms with Gasteiger partial charge in [-0.3, -0.25) is 9.13 Å². The highest BCUT2D eigenvalue weighted by Gasteiger charge is 2.13. The minimum atomic E-state index is -0.792. The zero-order valence-electron chi connectivity index (χ0n) is 17.0. The van der Waals surface area contributed by atoms with Gasteiger partial charge < -0.3 is 19.6 Å². The Labute approximate surface area is 174 Å². The second-order valence-electron chi connectivity index (χ2n) is 7.30. The smallest absolute Gasteiger partial charge is 0.328 e. The van der Waals surface area contributed by atoms with Gasteiger partial charge in [0.1, 0.15) is 24.2 Å². The summed E-state index contributed by atoms with van der Waals surface area (Å²) in [7, 11) is 3.46. The SMILES string of the molecule is Cn1c(=O)n(C)c2cc([C@H](O)COc3ccc(CNCc4ccco4)cc3)ccc21.